The zero-order chi connectivity index (χ0) is 18.5. The Morgan fingerprint density at radius 3 is 2.38 bits per heavy atom. The summed E-state index contributed by atoms with van der Waals surface area (Å²) in [4.78, 5) is 0. The number of phenols is 1. The Bertz CT molecular complexity index is 1170. The number of aliphatic hydroxyl groups excluding tert-OH is 1. The third-order valence-corrected chi connectivity index (χ3v) is 5.54. The van der Waals surface area contributed by atoms with Gasteiger partial charge in [-0.2, -0.15) is 8.42 Å². The Labute approximate surface area is 150 Å². The molecule has 0 fully saturated rings. The molecule has 7 heteroatoms. The monoisotopic (exact) mass is 368 g/mol. The average Bonchev–Trinajstić information content (AvgIpc) is 2.86. The molecule has 0 unspecified atom stereocenters. The summed E-state index contributed by atoms with van der Waals surface area (Å²) < 4.78 is 26.9. The van der Waals surface area contributed by atoms with E-state index >= 15 is 0 Å². The second-order valence-electron chi connectivity index (χ2n) is 6.19. The number of nitrogens with zero attached hydrogens (tertiary/aromatic N) is 1. The predicted octanol–water partition coefficient (Wildman–Crippen LogP) is 3.53. The summed E-state index contributed by atoms with van der Waals surface area (Å²) in [5, 5.41) is 21.3. The highest BCUT2D eigenvalue weighted by molar-refractivity contribution is 7.91. The van der Waals surface area contributed by atoms with Gasteiger partial charge >= 0.3 is 10.2 Å². The van der Waals surface area contributed by atoms with Gasteiger partial charge in [0.15, 0.2) is 0 Å². The number of aromatic hydroxyl groups is 1. The van der Waals surface area contributed by atoms with E-state index in [-0.39, 0.29) is 11.4 Å². The summed E-state index contributed by atoms with van der Waals surface area (Å²) in [5.74, 6) is -0.699. The van der Waals surface area contributed by atoms with E-state index in [1.807, 2.05) is 48.0 Å². The maximum Gasteiger partial charge on any atom is 0.330 e. The van der Waals surface area contributed by atoms with Crippen LogP contribution in [0.5, 0.6) is 5.75 Å². The molecule has 0 saturated carbocycles. The number of phenolic OH excluding ortho intramolecular Hbond substituents is 1. The number of aliphatic hydroxyl groups is 1. The smallest absolute Gasteiger partial charge is 0.330 e. The molecule has 0 saturated heterocycles. The van der Waals surface area contributed by atoms with Gasteiger partial charge < -0.3 is 10.2 Å². The second kappa shape index (κ2) is 5.67. The van der Waals surface area contributed by atoms with Gasteiger partial charge in [0.1, 0.15) is 11.4 Å². The standard InChI is InChI=1S/C19H16N2O4S/c1-12-3-2-4-13(7-12)14-5-6-15-10-18(22)17(9-16(15)8-14)21-11-19(23)20-26(21,24)25/h2-11,20,22-23H,1H3. The minimum absolute atomic E-state index is 0.0652. The summed E-state index contributed by atoms with van der Waals surface area (Å²) in [7, 11) is -3.97. The van der Waals surface area contributed by atoms with Crippen molar-refractivity contribution < 1.29 is 18.6 Å². The van der Waals surface area contributed by atoms with Crippen LogP contribution in [0.25, 0.3) is 21.9 Å². The first kappa shape index (κ1) is 16.3. The van der Waals surface area contributed by atoms with E-state index in [2.05, 4.69) is 6.07 Å². The first-order chi connectivity index (χ1) is 12.3. The topological polar surface area (TPSA) is 89.9 Å². The summed E-state index contributed by atoms with van der Waals surface area (Å²) >= 11 is 0. The quantitative estimate of drug-likeness (QED) is 0.645. The zero-order valence-electron chi connectivity index (χ0n) is 13.8. The number of hydrogen-bond donors (Lipinski definition) is 3. The third kappa shape index (κ3) is 2.72. The van der Waals surface area contributed by atoms with Crippen molar-refractivity contribution in [2.24, 2.45) is 0 Å². The first-order valence-electron chi connectivity index (χ1n) is 7.90. The summed E-state index contributed by atoms with van der Waals surface area (Å²) in [6, 6.07) is 16.9. The van der Waals surface area contributed by atoms with Crippen LogP contribution in [0, 0.1) is 6.92 Å². The highest BCUT2D eigenvalue weighted by Gasteiger charge is 2.30. The van der Waals surface area contributed by atoms with Crippen LogP contribution in [0.2, 0.25) is 0 Å². The highest BCUT2D eigenvalue weighted by atomic mass is 32.2. The largest absolute Gasteiger partial charge is 0.506 e. The molecule has 0 atom stereocenters. The van der Waals surface area contributed by atoms with E-state index < -0.39 is 16.1 Å². The van der Waals surface area contributed by atoms with E-state index in [0.717, 1.165) is 38.0 Å². The molecule has 0 aromatic heterocycles. The molecule has 6 nitrogen and oxygen atoms in total. The van der Waals surface area contributed by atoms with Crippen molar-refractivity contribution in [3.05, 3.63) is 72.2 Å². The number of nitrogens with one attached hydrogen (secondary N) is 1. The Morgan fingerprint density at radius 2 is 1.69 bits per heavy atom. The van der Waals surface area contributed by atoms with E-state index in [0.29, 0.717) is 0 Å². The number of rotatable bonds is 2. The molecule has 0 bridgehead atoms. The molecule has 132 valence electrons. The van der Waals surface area contributed by atoms with Gasteiger partial charge in [0.25, 0.3) is 0 Å². The van der Waals surface area contributed by atoms with Gasteiger partial charge in [-0.05, 0) is 47.0 Å². The fourth-order valence-corrected chi connectivity index (χ4v) is 4.10. The van der Waals surface area contributed by atoms with E-state index in [1.54, 1.807) is 6.07 Å². The molecule has 3 aromatic rings. The highest BCUT2D eigenvalue weighted by Crippen LogP contribution is 2.37. The van der Waals surface area contributed by atoms with Gasteiger partial charge in [-0.15, -0.1) is 0 Å². The molecule has 0 aliphatic carbocycles. The van der Waals surface area contributed by atoms with Crippen LogP contribution in [0.3, 0.4) is 0 Å². The van der Waals surface area contributed by atoms with Crippen molar-refractivity contribution in [3.63, 3.8) is 0 Å². The van der Waals surface area contributed by atoms with E-state index in [1.165, 1.54) is 6.07 Å². The van der Waals surface area contributed by atoms with Gasteiger partial charge in [0, 0.05) is 0 Å². The number of benzene rings is 3. The lowest BCUT2D eigenvalue weighted by Gasteiger charge is -2.16. The Morgan fingerprint density at radius 1 is 0.923 bits per heavy atom. The normalized spacial score (nSPS) is 15.7. The summed E-state index contributed by atoms with van der Waals surface area (Å²) in [6.45, 7) is 2.02. The third-order valence-electron chi connectivity index (χ3n) is 4.25. The molecule has 3 N–H and O–H groups in total. The first-order valence-corrected chi connectivity index (χ1v) is 9.34. The van der Waals surface area contributed by atoms with Crippen LogP contribution in [0.15, 0.2) is 66.7 Å². The maximum atomic E-state index is 12.1. The van der Waals surface area contributed by atoms with Gasteiger partial charge in [-0.3, -0.25) is 0 Å². The zero-order valence-corrected chi connectivity index (χ0v) is 14.7. The van der Waals surface area contributed by atoms with Crippen molar-refractivity contribution in [2.75, 3.05) is 4.31 Å². The molecule has 4 rings (SSSR count). The van der Waals surface area contributed by atoms with Crippen molar-refractivity contribution in [2.45, 2.75) is 6.92 Å². The fourth-order valence-electron chi connectivity index (χ4n) is 3.04. The van der Waals surface area contributed by atoms with Crippen LogP contribution in [-0.4, -0.2) is 18.6 Å². The van der Waals surface area contributed by atoms with E-state index in [4.69, 9.17) is 0 Å². The van der Waals surface area contributed by atoms with Crippen molar-refractivity contribution in [1.29, 1.82) is 0 Å². The van der Waals surface area contributed by atoms with Gasteiger partial charge in [-0.25, -0.2) is 9.03 Å². The number of hydrogen-bond acceptors (Lipinski definition) is 4. The van der Waals surface area contributed by atoms with Gasteiger partial charge in [0.05, 0.1) is 6.20 Å². The minimum Gasteiger partial charge on any atom is -0.506 e. The van der Waals surface area contributed by atoms with Crippen LogP contribution in [-0.2, 0) is 10.2 Å². The van der Waals surface area contributed by atoms with Crippen LogP contribution in [0.1, 0.15) is 5.56 Å². The number of aryl methyl sites for hydroxylation is 1. The minimum atomic E-state index is -3.97. The second-order valence-corrected chi connectivity index (χ2v) is 7.74. The van der Waals surface area contributed by atoms with Crippen molar-refractivity contribution >= 4 is 26.7 Å². The average molecular weight is 368 g/mol. The van der Waals surface area contributed by atoms with Gasteiger partial charge in [-0.1, -0.05) is 42.0 Å². The maximum absolute atomic E-state index is 12.1. The summed E-state index contributed by atoms with van der Waals surface area (Å²) in [6.07, 6.45) is 1.01. The molecular weight excluding hydrogens is 352 g/mol. The fraction of sp³-hybridized carbons (Fsp3) is 0.0526. The Hall–Kier alpha value is -3.19. The molecule has 1 aliphatic heterocycles. The van der Waals surface area contributed by atoms with E-state index in [9.17, 15) is 18.6 Å². The molecule has 26 heavy (non-hydrogen) atoms. The summed E-state index contributed by atoms with van der Waals surface area (Å²) in [5.41, 5.74) is 3.24. The Balaban J connectivity index is 1.88. The molecular formula is C19H16N2O4S. The van der Waals surface area contributed by atoms with Crippen molar-refractivity contribution in [1.82, 2.24) is 4.72 Å². The lowest BCUT2D eigenvalue weighted by Crippen LogP contribution is -2.29. The lowest BCUT2D eigenvalue weighted by atomic mass is 9.99. The predicted molar refractivity (Wildman–Crippen MR) is 101 cm³/mol. The lowest BCUT2D eigenvalue weighted by molar-refractivity contribution is 0.392. The number of fused-ring (bicyclic) bond motifs is 1. The molecule has 0 amide bonds. The number of anilines is 1. The SMILES string of the molecule is Cc1cccc(-c2ccc3cc(O)c(N4C=C(O)NS4(=O)=O)cc3c2)c1. The van der Waals surface area contributed by atoms with Gasteiger partial charge in [0.2, 0.25) is 5.88 Å². The molecule has 1 aliphatic rings. The van der Waals surface area contributed by atoms with Crippen LogP contribution in [0.4, 0.5) is 5.69 Å². The van der Waals surface area contributed by atoms with Crippen LogP contribution >= 0.6 is 0 Å². The van der Waals surface area contributed by atoms with Crippen molar-refractivity contribution in [3.8, 4) is 16.9 Å². The molecule has 0 radical (unpaired) electrons. The molecule has 3 aromatic carbocycles. The molecule has 0 spiro atoms. The Kier molecular flexibility index (Phi) is 3.55. The molecule has 1 heterocycles. The van der Waals surface area contributed by atoms with Crippen LogP contribution < -0.4 is 9.03 Å².